The Hall–Kier alpha value is -3.59. The number of halogens is 3. The Labute approximate surface area is 187 Å². The van der Waals surface area contributed by atoms with Crippen molar-refractivity contribution in [3.8, 4) is 0 Å². The molecule has 3 heterocycles. The van der Waals surface area contributed by atoms with E-state index in [1.807, 2.05) is 6.92 Å². The van der Waals surface area contributed by atoms with Gasteiger partial charge in [0.1, 0.15) is 11.3 Å². The number of benzene rings is 2. The number of likely N-dealkylation sites (N-methyl/N-ethyl adjacent to an activating group) is 1. The highest BCUT2D eigenvalue weighted by molar-refractivity contribution is 6.15. The number of amides is 1. The lowest BCUT2D eigenvalue weighted by molar-refractivity contribution is -0.160. The summed E-state index contributed by atoms with van der Waals surface area (Å²) < 4.78 is 55.3. The summed E-state index contributed by atoms with van der Waals surface area (Å²) in [6, 6.07) is 11.3. The standard InChI is InChI=1S/C24H19F3N2O4/c1-13-8-10-16-14(12-13)9-11-18-29(16)20(24(25,26)27)19(21(30)32-3)23(33-18)15-6-4-5-7-17(15)28(2)22(23)31/h4-12,18H,1-3H3/t18-,23-/m1/s1. The molecule has 0 unspecified atom stereocenters. The minimum Gasteiger partial charge on any atom is -0.466 e. The first-order valence-corrected chi connectivity index (χ1v) is 10.1. The molecule has 2 atom stereocenters. The molecule has 0 fully saturated rings. The van der Waals surface area contributed by atoms with Gasteiger partial charge in [0, 0.05) is 12.6 Å². The van der Waals surface area contributed by atoms with Gasteiger partial charge in [-0.15, -0.1) is 0 Å². The average Bonchev–Trinajstić information content (AvgIpc) is 2.99. The molecular formula is C24H19F3N2O4. The van der Waals surface area contributed by atoms with Gasteiger partial charge in [-0.25, -0.2) is 4.79 Å². The molecular weight excluding hydrogens is 437 g/mol. The zero-order chi connectivity index (χ0) is 23.7. The summed E-state index contributed by atoms with van der Waals surface area (Å²) >= 11 is 0. The number of alkyl halides is 3. The number of carbonyl (C=O) groups is 2. The highest BCUT2D eigenvalue weighted by Gasteiger charge is 2.65. The highest BCUT2D eigenvalue weighted by atomic mass is 19.4. The molecule has 0 N–H and O–H groups in total. The minimum absolute atomic E-state index is 0.155. The summed E-state index contributed by atoms with van der Waals surface area (Å²) in [6.07, 6.45) is -3.17. The predicted octanol–water partition coefficient (Wildman–Crippen LogP) is 4.05. The SMILES string of the molecule is COC(=O)C1=C(C(F)(F)F)N2c3ccc(C)cc3C=C[C@H]2O[C@@]12C(=O)N(C)c1ccccc12. The summed E-state index contributed by atoms with van der Waals surface area (Å²) in [5.41, 5.74) is -2.36. The lowest BCUT2D eigenvalue weighted by Crippen LogP contribution is -2.58. The van der Waals surface area contributed by atoms with E-state index in [0.29, 0.717) is 11.3 Å². The quantitative estimate of drug-likeness (QED) is 0.607. The smallest absolute Gasteiger partial charge is 0.432 e. The third-order valence-corrected chi connectivity index (χ3v) is 6.17. The Kier molecular flexibility index (Phi) is 4.48. The van der Waals surface area contributed by atoms with Gasteiger partial charge in [-0.1, -0.05) is 35.9 Å². The number of hydrogen-bond acceptors (Lipinski definition) is 5. The molecule has 3 aliphatic rings. The number of aryl methyl sites for hydroxylation is 1. The highest BCUT2D eigenvalue weighted by Crippen LogP contribution is 2.55. The number of hydrogen-bond donors (Lipinski definition) is 0. The average molecular weight is 456 g/mol. The second-order valence-electron chi connectivity index (χ2n) is 8.08. The monoisotopic (exact) mass is 456 g/mol. The number of esters is 1. The maximum Gasteiger partial charge on any atom is 0.432 e. The number of para-hydroxylation sites is 1. The van der Waals surface area contributed by atoms with Gasteiger partial charge in [0.25, 0.3) is 5.91 Å². The van der Waals surface area contributed by atoms with Gasteiger partial charge >= 0.3 is 12.1 Å². The number of ether oxygens (including phenoxy) is 2. The van der Waals surface area contributed by atoms with Gasteiger partial charge in [0.2, 0.25) is 5.60 Å². The molecule has 2 aromatic carbocycles. The van der Waals surface area contributed by atoms with E-state index in [2.05, 4.69) is 0 Å². The van der Waals surface area contributed by atoms with Crippen molar-refractivity contribution < 1.29 is 32.2 Å². The van der Waals surface area contributed by atoms with E-state index in [-0.39, 0.29) is 11.3 Å². The summed E-state index contributed by atoms with van der Waals surface area (Å²) in [4.78, 5) is 28.7. The van der Waals surface area contributed by atoms with Crippen LogP contribution < -0.4 is 9.80 Å². The van der Waals surface area contributed by atoms with Crippen LogP contribution in [0.15, 0.2) is 59.8 Å². The van der Waals surface area contributed by atoms with Crippen LogP contribution in [0, 0.1) is 6.92 Å². The van der Waals surface area contributed by atoms with E-state index in [0.717, 1.165) is 17.6 Å². The number of methoxy groups -OCH3 is 1. The van der Waals surface area contributed by atoms with Gasteiger partial charge in [0.15, 0.2) is 6.23 Å². The third-order valence-electron chi connectivity index (χ3n) is 6.17. The molecule has 0 aromatic heterocycles. The number of rotatable bonds is 1. The van der Waals surface area contributed by atoms with Crippen molar-refractivity contribution >= 4 is 29.3 Å². The number of nitrogens with zero attached hydrogens (tertiary/aromatic N) is 2. The van der Waals surface area contributed by atoms with E-state index in [1.54, 1.807) is 42.5 Å². The zero-order valence-corrected chi connectivity index (χ0v) is 17.9. The number of fused-ring (bicyclic) bond motifs is 5. The van der Waals surface area contributed by atoms with E-state index in [1.165, 1.54) is 24.1 Å². The topological polar surface area (TPSA) is 59.1 Å². The third kappa shape index (κ3) is 2.78. The van der Waals surface area contributed by atoms with E-state index in [9.17, 15) is 22.8 Å². The molecule has 0 saturated carbocycles. The van der Waals surface area contributed by atoms with Gasteiger partial charge < -0.3 is 19.3 Å². The number of anilines is 2. The fraction of sp³-hybridized carbons (Fsp3) is 0.250. The van der Waals surface area contributed by atoms with E-state index < -0.39 is 41.2 Å². The Morgan fingerprint density at radius 2 is 1.88 bits per heavy atom. The van der Waals surface area contributed by atoms with Crippen molar-refractivity contribution in [1.29, 1.82) is 0 Å². The lowest BCUT2D eigenvalue weighted by atomic mass is 9.82. The normalized spacial score (nSPS) is 23.6. The second kappa shape index (κ2) is 6.95. The van der Waals surface area contributed by atoms with Gasteiger partial charge in [-0.2, -0.15) is 13.2 Å². The van der Waals surface area contributed by atoms with Crippen LogP contribution in [-0.4, -0.2) is 38.4 Å². The minimum atomic E-state index is -5.00. The molecule has 0 bridgehead atoms. The first-order valence-electron chi connectivity index (χ1n) is 10.1. The molecule has 5 rings (SSSR count). The van der Waals surface area contributed by atoms with Crippen LogP contribution in [0.3, 0.4) is 0 Å². The fourth-order valence-corrected chi connectivity index (χ4v) is 4.80. The second-order valence-corrected chi connectivity index (χ2v) is 8.08. The molecule has 1 amide bonds. The molecule has 170 valence electrons. The summed E-state index contributed by atoms with van der Waals surface area (Å²) in [5, 5.41) is 0. The van der Waals surface area contributed by atoms with Crippen LogP contribution >= 0.6 is 0 Å². The first kappa shape index (κ1) is 21.3. The van der Waals surface area contributed by atoms with E-state index >= 15 is 0 Å². The summed E-state index contributed by atoms with van der Waals surface area (Å²) in [7, 11) is 2.41. The lowest BCUT2D eigenvalue weighted by Gasteiger charge is -2.47. The maximum absolute atomic E-state index is 14.8. The van der Waals surface area contributed by atoms with Crippen molar-refractivity contribution in [2.24, 2.45) is 0 Å². The van der Waals surface area contributed by atoms with Crippen molar-refractivity contribution in [3.05, 3.63) is 76.5 Å². The van der Waals surface area contributed by atoms with Crippen molar-refractivity contribution in [2.45, 2.75) is 24.9 Å². The molecule has 3 aliphatic heterocycles. The molecule has 0 saturated heterocycles. The maximum atomic E-state index is 14.8. The van der Waals surface area contributed by atoms with Crippen molar-refractivity contribution in [3.63, 3.8) is 0 Å². The number of carbonyl (C=O) groups excluding carboxylic acids is 2. The molecule has 33 heavy (non-hydrogen) atoms. The Morgan fingerprint density at radius 1 is 1.15 bits per heavy atom. The van der Waals surface area contributed by atoms with Crippen LogP contribution in [-0.2, 0) is 24.7 Å². The van der Waals surface area contributed by atoms with Gasteiger partial charge in [-0.05, 0) is 36.8 Å². The Morgan fingerprint density at radius 3 is 2.58 bits per heavy atom. The van der Waals surface area contributed by atoms with Gasteiger partial charge in [0.05, 0.1) is 18.5 Å². The fourth-order valence-electron chi connectivity index (χ4n) is 4.80. The molecule has 9 heteroatoms. The van der Waals surface area contributed by atoms with Crippen molar-refractivity contribution in [2.75, 3.05) is 24.0 Å². The molecule has 1 spiro atoms. The van der Waals surface area contributed by atoms with Gasteiger partial charge in [-0.3, -0.25) is 4.79 Å². The van der Waals surface area contributed by atoms with Crippen LogP contribution in [0.25, 0.3) is 6.08 Å². The zero-order valence-electron chi connectivity index (χ0n) is 17.9. The van der Waals surface area contributed by atoms with E-state index in [4.69, 9.17) is 9.47 Å². The number of allylic oxidation sites excluding steroid dienone is 1. The Balaban J connectivity index is 1.90. The molecule has 6 nitrogen and oxygen atoms in total. The summed E-state index contributed by atoms with van der Waals surface area (Å²) in [5.74, 6) is -2.09. The van der Waals surface area contributed by atoms with Crippen LogP contribution in [0.4, 0.5) is 24.5 Å². The molecule has 2 aromatic rings. The Bertz CT molecular complexity index is 1270. The van der Waals surface area contributed by atoms with Crippen LogP contribution in [0.2, 0.25) is 0 Å². The largest absolute Gasteiger partial charge is 0.466 e. The first-order chi connectivity index (χ1) is 15.6. The van der Waals surface area contributed by atoms with Crippen LogP contribution in [0.5, 0.6) is 0 Å². The predicted molar refractivity (Wildman–Crippen MR) is 114 cm³/mol. The summed E-state index contributed by atoms with van der Waals surface area (Å²) in [6.45, 7) is 1.83. The molecule has 0 radical (unpaired) electrons. The van der Waals surface area contributed by atoms with Crippen LogP contribution in [0.1, 0.15) is 16.7 Å². The van der Waals surface area contributed by atoms with Crippen molar-refractivity contribution in [1.82, 2.24) is 0 Å². The molecule has 0 aliphatic carbocycles.